The Morgan fingerprint density at radius 2 is 1.89 bits per heavy atom. The van der Waals surface area contributed by atoms with E-state index in [-0.39, 0.29) is 12.1 Å². The number of aromatic nitrogens is 3. The zero-order chi connectivity index (χ0) is 26.6. The van der Waals surface area contributed by atoms with E-state index in [0.717, 1.165) is 61.2 Å². The zero-order valence-electron chi connectivity index (χ0n) is 22.3. The molecule has 196 valence electrons. The molecule has 37 heavy (non-hydrogen) atoms. The minimum atomic E-state index is 0.216. The fourth-order valence-corrected chi connectivity index (χ4v) is 4.72. The van der Waals surface area contributed by atoms with Crippen molar-refractivity contribution in [1.82, 2.24) is 20.1 Å². The van der Waals surface area contributed by atoms with Crippen LogP contribution in [0.3, 0.4) is 0 Å². The molecule has 0 aliphatic heterocycles. The molecule has 0 saturated carbocycles. The van der Waals surface area contributed by atoms with Crippen LogP contribution in [0.5, 0.6) is 0 Å². The fraction of sp³-hybridized carbons (Fsp3) is 0.355. The largest absolute Gasteiger partial charge is 0.366 e. The average Bonchev–Trinajstić information content (AvgIpc) is 3.30. The number of hydrogen-bond acceptors (Lipinski definition) is 4. The molecule has 0 fully saturated rings. The maximum Gasteiger partial charge on any atom is 0.128 e. The second kappa shape index (κ2) is 14.6. The van der Waals surface area contributed by atoms with Crippen LogP contribution in [0.4, 0.5) is 3.89 Å². The number of hydrogen-bond donors (Lipinski definition) is 1. The molecule has 0 spiro atoms. The second-order valence-corrected chi connectivity index (χ2v) is 10.0. The van der Waals surface area contributed by atoms with Gasteiger partial charge in [0.15, 0.2) is 0 Å². The Hall–Kier alpha value is -3.12. The highest BCUT2D eigenvalue weighted by Crippen LogP contribution is 2.29. The minimum Gasteiger partial charge on any atom is -0.366 e. The highest BCUT2D eigenvalue weighted by molar-refractivity contribution is 7.94. The predicted molar refractivity (Wildman–Crippen MR) is 156 cm³/mol. The van der Waals surface area contributed by atoms with Gasteiger partial charge in [0.2, 0.25) is 0 Å². The number of benzene rings is 1. The first-order valence-corrected chi connectivity index (χ1v) is 13.8. The Bertz CT molecular complexity index is 1180. The van der Waals surface area contributed by atoms with Crippen LogP contribution in [0, 0.1) is 12.8 Å². The average molecular weight is 519 g/mol. The van der Waals surface area contributed by atoms with Crippen LogP contribution in [-0.2, 0) is 13.0 Å². The summed E-state index contributed by atoms with van der Waals surface area (Å²) in [5.41, 5.74) is 6.61. The first-order valence-electron chi connectivity index (χ1n) is 13.1. The fourth-order valence-electron chi connectivity index (χ4n) is 4.43. The van der Waals surface area contributed by atoms with Crippen molar-refractivity contribution in [3.8, 4) is 0 Å². The summed E-state index contributed by atoms with van der Waals surface area (Å²) < 4.78 is 15.1. The summed E-state index contributed by atoms with van der Waals surface area (Å²) in [5, 5.41) is 7.92. The van der Waals surface area contributed by atoms with Gasteiger partial charge in [-0.2, -0.15) is 8.98 Å². The Balaban J connectivity index is 1.71. The van der Waals surface area contributed by atoms with Crippen molar-refractivity contribution in [3.63, 3.8) is 0 Å². The highest BCUT2D eigenvalue weighted by atomic mass is 32.2. The maximum absolute atomic E-state index is 13.4. The van der Waals surface area contributed by atoms with Crippen LogP contribution in [0.15, 0.2) is 84.7 Å². The van der Waals surface area contributed by atoms with Gasteiger partial charge < -0.3 is 5.32 Å². The number of pyridine rings is 1. The number of aryl methyl sites for hydroxylation is 1. The van der Waals surface area contributed by atoms with Gasteiger partial charge in [0.1, 0.15) is 5.82 Å². The van der Waals surface area contributed by atoms with E-state index in [9.17, 15) is 3.89 Å². The molecule has 3 rings (SSSR count). The van der Waals surface area contributed by atoms with Crippen LogP contribution >= 0.6 is 12.1 Å². The molecule has 0 amide bonds. The molecular weight excluding hydrogens is 479 g/mol. The summed E-state index contributed by atoms with van der Waals surface area (Å²) in [7, 11) is 0. The van der Waals surface area contributed by atoms with Gasteiger partial charge in [-0.05, 0) is 84.9 Å². The molecule has 4 nitrogen and oxygen atoms in total. The van der Waals surface area contributed by atoms with Crippen molar-refractivity contribution < 1.29 is 3.89 Å². The van der Waals surface area contributed by atoms with Gasteiger partial charge in [-0.25, -0.2) is 4.68 Å². The lowest BCUT2D eigenvalue weighted by atomic mass is 9.88. The standard InChI is InChI=1S/C31H39FN4S/c1-6-10-28(13-8-11-23(3)29-16-14-26(7-2)15-17-29)24(4)19-31(34-21-27-12-9-18-33-20-27)36-25(5)30(37-32)22-35-36/h9,12,14-20,22,28,34H,3-4,6-8,10-11,13,21H2,1-2,5H3/b31-19-. The van der Waals surface area contributed by atoms with Crippen LogP contribution in [0.25, 0.3) is 11.4 Å². The molecule has 2 aromatic heterocycles. The lowest BCUT2D eigenvalue weighted by Crippen LogP contribution is -2.20. The molecule has 0 aliphatic rings. The molecule has 1 aromatic carbocycles. The third kappa shape index (κ3) is 8.19. The molecule has 0 radical (unpaired) electrons. The molecule has 3 aromatic rings. The summed E-state index contributed by atoms with van der Waals surface area (Å²) >= 11 is 0.216. The number of allylic oxidation sites excluding steroid dienone is 3. The van der Waals surface area contributed by atoms with E-state index in [0.29, 0.717) is 17.4 Å². The first kappa shape index (κ1) is 28.5. The van der Waals surface area contributed by atoms with Crippen LogP contribution in [0.2, 0.25) is 0 Å². The normalized spacial score (nSPS) is 12.4. The Morgan fingerprint density at radius 3 is 2.51 bits per heavy atom. The molecule has 0 bridgehead atoms. The quantitative estimate of drug-likeness (QED) is 0.205. The molecule has 0 aliphatic carbocycles. The third-order valence-corrected chi connectivity index (χ3v) is 7.32. The van der Waals surface area contributed by atoms with Gasteiger partial charge in [0, 0.05) is 18.9 Å². The Labute approximate surface area is 226 Å². The summed E-state index contributed by atoms with van der Waals surface area (Å²) in [6.45, 7) is 15.6. The van der Waals surface area contributed by atoms with Crippen molar-refractivity contribution in [2.45, 2.75) is 70.7 Å². The number of halogens is 1. The van der Waals surface area contributed by atoms with E-state index in [1.807, 2.05) is 25.3 Å². The van der Waals surface area contributed by atoms with E-state index in [4.69, 9.17) is 0 Å². The van der Waals surface area contributed by atoms with E-state index in [1.54, 1.807) is 17.1 Å². The molecule has 6 heteroatoms. The summed E-state index contributed by atoms with van der Waals surface area (Å²) in [6.07, 6.45) is 13.5. The lowest BCUT2D eigenvalue weighted by Gasteiger charge is -2.20. The smallest absolute Gasteiger partial charge is 0.128 e. The van der Waals surface area contributed by atoms with Gasteiger partial charge in [0.25, 0.3) is 0 Å². The van der Waals surface area contributed by atoms with E-state index < -0.39 is 0 Å². The Morgan fingerprint density at radius 1 is 1.11 bits per heavy atom. The predicted octanol–water partition coefficient (Wildman–Crippen LogP) is 8.57. The zero-order valence-corrected chi connectivity index (χ0v) is 23.2. The van der Waals surface area contributed by atoms with Crippen LogP contribution < -0.4 is 5.32 Å². The van der Waals surface area contributed by atoms with Crippen molar-refractivity contribution in [1.29, 1.82) is 0 Å². The summed E-state index contributed by atoms with van der Waals surface area (Å²) in [5.74, 6) is 1.13. The summed E-state index contributed by atoms with van der Waals surface area (Å²) in [6, 6.07) is 12.7. The van der Waals surface area contributed by atoms with Crippen molar-refractivity contribution >= 4 is 23.5 Å². The topological polar surface area (TPSA) is 42.7 Å². The minimum absolute atomic E-state index is 0.216. The van der Waals surface area contributed by atoms with Gasteiger partial charge in [-0.1, -0.05) is 63.8 Å². The van der Waals surface area contributed by atoms with Gasteiger partial charge in [-0.3, -0.25) is 4.98 Å². The molecule has 0 saturated heterocycles. The molecular formula is C31H39FN4S. The Kier molecular flexibility index (Phi) is 11.2. The van der Waals surface area contributed by atoms with Gasteiger partial charge in [-0.15, -0.1) is 0 Å². The monoisotopic (exact) mass is 518 g/mol. The van der Waals surface area contributed by atoms with Gasteiger partial charge >= 0.3 is 0 Å². The van der Waals surface area contributed by atoms with Gasteiger partial charge in [0.05, 0.1) is 28.9 Å². The van der Waals surface area contributed by atoms with Crippen molar-refractivity contribution in [2.75, 3.05) is 0 Å². The van der Waals surface area contributed by atoms with Crippen molar-refractivity contribution in [2.24, 2.45) is 5.92 Å². The number of nitrogens with zero attached hydrogens (tertiary/aromatic N) is 3. The number of rotatable bonds is 15. The van der Waals surface area contributed by atoms with E-state index in [1.165, 1.54) is 16.7 Å². The molecule has 1 atom stereocenters. The maximum atomic E-state index is 13.4. The number of nitrogens with one attached hydrogen (secondary N) is 1. The third-order valence-electron chi connectivity index (χ3n) is 6.76. The first-order chi connectivity index (χ1) is 18.0. The molecule has 1 unspecified atom stereocenters. The summed E-state index contributed by atoms with van der Waals surface area (Å²) in [4.78, 5) is 4.71. The van der Waals surface area contributed by atoms with Crippen LogP contribution in [0.1, 0.15) is 68.3 Å². The van der Waals surface area contributed by atoms with Crippen molar-refractivity contribution in [3.05, 3.63) is 102 Å². The lowest BCUT2D eigenvalue weighted by molar-refractivity contribution is 0.504. The van der Waals surface area contributed by atoms with E-state index >= 15 is 0 Å². The molecule has 2 heterocycles. The second-order valence-electron chi connectivity index (χ2n) is 9.43. The SMILES string of the molecule is C=C(CCCC(CCC)C(=C)/C=C(/NCc1cccnc1)n1ncc(SF)c1C)c1ccc(CC)cc1. The molecule has 1 N–H and O–H groups in total. The van der Waals surface area contributed by atoms with Crippen LogP contribution in [-0.4, -0.2) is 14.8 Å². The van der Waals surface area contributed by atoms with E-state index in [2.05, 4.69) is 72.7 Å². The highest BCUT2D eigenvalue weighted by Gasteiger charge is 2.15.